The van der Waals surface area contributed by atoms with E-state index in [1.54, 1.807) is 18.4 Å². The molecule has 3 rings (SSSR count). The van der Waals surface area contributed by atoms with E-state index in [9.17, 15) is 23.2 Å². The van der Waals surface area contributed by atoms with Crippen molar-refractivity contribution in [2.24, 2.45) is 0 Å². The zero-order chi connectivity index (χ0) is 21.2. The molecular formula is C20H14F3N3OS2. The molecule has 0 saturated heterocycles. The number of halogens is 3. The molecular weight excluding hydrogens is 419 g/mol. The Bertz CT molecular complexity index is 1130. The molecule has 0 radical (unpaired) electrons. The molecule has 0 spiro atoms. The van der Waals surface area contributed by atoms with Gasteiger partial charge in [0.1, 0.15) is 22.5 Å². The van der Waals surface area contributed by atoms with Gasteiger partial charge in [-0.05, 0) is 48.9 Å². The highest BCUT2D eigenvalue weighted by Gasteiger charge is 2.30. The van der Waals surface area contributed by atoms with E-state index in [1.165, 1.54) is 28.5 Å². The predicted molar refractivity (Wildman–Crippen MR) is 109 cm³/mol. The van der Waals surface area contributed by atoms with Crippen molar-refractivity contribution in [2.45, 2.75) is 16.1 Å². The van der Waals surface area contributed by atoms with Crippen LogP contribution >= 0.6 is 23.5 Å². The van der Waals surface area contributed by atoms with E-state index in [1.807, 2.05) is 24.5 Å². The van der Waals surface area contributed by atoms with Gasteiger partial charge in [0, 0.05) is 10.5 Å². The fraction of sp³-hybridized carbons (Fsp3) is 0.150. The number of rotatable bonds is 4. The molecule has 4 nitrogen and oxygen atoms in total. The first-order chi connectivity index (χ1) is 13.8. The summed E-state index contributed by atoms with van der Waals surface area (Å²) in [5.41, 5.74) is -0.665. The number of thioether (sulfide) groups is 2. The van der Waals surface area contributed by atoms with Crippen LogP contribution in [0.2, 0.25) is 0 Å². The highest BCUT2D eigenvalue weighted by molar-refractivity contribution is 7.98. The lowest BCUT2D eigenvalue weighted by Crippen LogP contribution is -2.25. The van der Waals surface area contributed by atoms with Crippen LogP contribution in [0.25, 0.3) is 17.1 Å². The molecule has 9 heteroatoms. The average Bonchev–Trinajstić information content (AvgIpc) is 2.72. The van der Waals surface area contributed by atoms with Crippen molar-refractivity contribution in [3.05, 3.63) is 70.0 Å². The zero-order valence-corrected chi connectivity index (χ0v) is 17.0. The Hall–Kier alpha value is -2.70. The second-order valence-corrected chi connectivity index (χ2v) is 7.52. The monoisotopic (exact) mass is 433 g/mol. The van der Waals surface area contributed by atoms with Crippen molar-refractivity contribution in [1.29, 1.82) is 5.26 Å². The number of hydrogen-bond acceptors (Lipinski definition) is 5. The Morgan fingerprint density at radius 1 is 1.00 bits per heavy atom. The van der Waals surface area contributed by atoms with Gasteiger partial charge in [0.05, 0.1) is 11.3 Å². The maximum Gasteiger partial charge on any atom is 0.416 e. The molecule has 29 heavy (non-hydrogen) atoms. The first-order valence-corrected chi connectivity index (χ1v) is 10.7. The minimum absolute atomic E-state index is 0.109. The van der Waals surface area contributed by atoms with Gasteiger partial charge >= 0.3 is 6.18 Å². The molecule has 3 aromatic rings. The molecule has 2 aromatic carbocycles. The van der Waals surface area contributed by atoms with Gasteiger partial charge in [-0.25, -0.2) is 4.98 Å². The Balaban J connectivity index is 2.28. The minimum Gasteiger partial charge on any atom is -0.267 e. The third-order valence-corrected chi connectivity index (χ3v) is 5.58. The predicted octanol–water partition coefficient (Wildman–Crippen LogP) is 5.23. The fourth-order valence-electron chi connectivity index (χ4n) is 2.72. The van der Waals surface area contributed by atoms with Crippen LogP contribution in [0.15, 0.2) is 63.2 Å². The minimum atomic E-state index is -4.46. The summed E-state index contributed by atoms with van der Waals surface area (Å²) in [6.45, 7) is 0. The lowest BCUT2D eigenvalue weighted by atomic mass is 10.1. The van der Waals surface area contributed by atoms with Crippen LogP contribution in [0, 0.1) is 11.3 Å². The van der Waals surface area contributed by atoms with E-state index < -0.39 is 17.3 Å². The molecule has 0 fully saturated rings. The zero-order valence-electron chi connectivity index (χ0n) is 15.3. The second kappa shape index (κ2) is 8.35. The highest BCUT2D eigenvalue weighted by atomic mass is 32.2. The maximum absolute atomic E-state index is 13.1. The van der Waals surface area contributed by atoms with Crippen LogP contribution in [-0.4, -0.2) is 22.1 Å². The number of benzene rings is 2. The molecule has 0 aliphatic rings. The Kier molecular flexibility index (Phi) is 6.05. The molecule has 0 bridgehead atoms. The smallest absolute Gasteiger partial charge is 0.267 e. The third-order valence-electron chi connectivity index (χ3n) is 4.16. The molecule has 0 amide bonds. The molecule has 0 saturated carbocycles. The summed E-state index contributed by atoms with van der Waals surface area (Å²) in [6, 6.07) is 13.4. The van der Waals surface area contributed by atoms with Gasteiger partial charge in [-0.3, -0.25) is 9.36 Å². The largest absolute Gasteiger partial charge is 0.416 e. The standard InChI is InChI=1S/C20H14F3N3OS2/c1-28-15-9-7-14(8-10-15)26-17(25-18(29-2)16(11-24)19(26)27)12-3-5-13(6-4-12)20(21,22)23/h3-10H,1-2H3. The summed E-state index contributed by atoms with van der Waals surface area (Å²) in [4.78, 5) is 18.5. The first kappa shape index (κ1) is 21.0. The number of aromatic nitrogens is 2. The van der Waals surface area contributed by atoms with Crippen LogP contribution < -0.4 is 5.56 Å². The summed E-state index contributed by atoms with van der Waals surface area (Å²) in [5, 5.41) is 9.65. The maximum atomic E-state index is 13.1. The van der Waals surface area contributed by atoms with Gasteiger partial charge in [0.15, 0.2) is 0 Å². The highest BCUT2D eigenvalue weighted by Crippen LogP contribution is 2.31. The summed E-state index contributed by atoms with van der Waals surface area (Å²) >= 11 is 2.66. The SMILES string of the molecule is CSc1ccc(-n2c(-c3ccc(C(F)(F)F)cc3)nc(SC)c(C#N)c2=O)cc1. The number of nitriles is 1. The van der Waals surface area contributed by atoms with Crippen molar-refractivity contribution in [3.63, 3.8) is 0 Å². The van der Waals surface area contributed by atoms with E-state index in [2.05, 4.69) is 4.98 Å². The van der Waals surface area contributed by atoms with Gasteiger partial charge in [0.2, 0.25) is 0 Å². The number of alkyl halides is 3. The Morgan fingerprint density at radius 2 is 1.62 bits per heavy atom. The van der Waals surface area contributed by atoms with Crippen molar-refractivity contribution in [1.82, 2.24) is 9.55 Å². The van der Waals surface area contributed by atoms with E-state index in [0.717, 1.165) is 28.8 Å². The Labute approximate surface area is 173 Å². The second-order valence-electron chi connectivity index (χ2n) is 5.85. The van der Waals surface area contributed by atoms with Crippen molar-refractivity contribution in [3.8, 4) is 23.1 Å². The van der Waals surface area contributed by atoms with Crippen molar-refractivity contribution >= 4 is 23.5 Å². The topological polar surface area (TPSA) is 58.7 Å². The van der Waals surface area contributed by atoms with E-state index in [4.69, 9.17) is 0 Å². The van der Waals surface area contributed by atoms with E-state index in [0.29, 0.717) is 11.3 Å². The van der Waals surface area contributed by atoms with Crippen LogP contribution in [0.4, 0.5) is 13.2 Å². The van der Waals surface area contributed by atoms with Gasteiger partial charge in [-0.15, -0.1) is 23.5 Å². The van der Waals surface area contributed by atoms with Crippen molar-refractivity contribution < 1.29 is 13.2 Å². The quantitative estimate of drug-likeness (QED) is 0.416. The van der Waals surface area contributed by atoms with Crippen molar-refractivity contribution in [2.75, 3.05) is 12.5 Å². The first-order valence-electron chi connectivity index (χ1n) is 8.23. The summed E-state index contributed by atoms with van der Waals surface area (Å²) in [5.74, 6) is 0.170. The summed E-state index contributed by atoms with van der Waals surface area (Å²) in [7, 11) is 0. The third kappa shape index (κ3) is 4.18. The van der Waals surface area contributed by atoms with Crippen LogP contribution in [0.1, 0.15) is 11.1 Å². The van der Waals surface area contributed by atoms with Gasteiger partial charge in [0.25, 0.3) is 5.56 Å². The molecule has 148 valence electrons. The van der Waals surface area contributed by atoms with Crippen LogP contribution in [0.5, 0.6) is 0 Å². The van der Waals surface area contributed by atoms with Crippen LogP contribution in [-0.2, 0) is 6.18 Å². The van der Waals surface area contributed by atoms with E-state index >= 15 is 0 Å². The molecule has 1 heterocycles. The summed E-state index contributed by atoms with van der Waals surface area (Å²) < 4.78 is 40.0. The van der Waals surface area contributed by atoms with Crippen LogP contribution in [0.3, 0.4) is 0 Å². The fourth-order valence-corrected chi connectivity index (χ4v) is 3.64. The molecule has 0 N–H and O–H groups in total. The number of nitrogens with zero attached hydrogens (tertiary/aromatic N) is 3. The van der Waals surface area contributed by atoms with Gasteiger partial charge in [-0.2, -0.15) is 18.4 Å². The summed E-state index contributed by atoms with van der Waals surface area (Å²) in [6.07, 6.45) is -0.872. The average molecular weight is 433 g/mol. The van der Waals surface area contributed by atoms with Gasteiger partial charge in [-0.1, -0.05) is 12.1 Å². The Morgan fingerprint density at radius 3 is 2.10 bits per heavy atom. The van der Waals surface area contributed by atoms with E-state index in [-0.39, 0.29) is 16.4 Å². The lowest BCUT2D eigenvalue weighted by molar-refractivity contribution is -0.137. The molecule has 1 aromatic heterocycles. The molecule has 0 aliphatic carbocycles. The molecule has 0 unspecified atom stereocenters. The normalized spacial score (nSPS) is 11.3. The van der Waals surface area contributed by atoms with Gasteiger partial charge < -0.3 is 0 Å². The lowest BCUT2D eigenvalue weighted by Gasteiger charge is -2.15. The molecule has 0 atom stereocenters. The molecule has 0 aliphatic heterocycles. The number of hydrogen-bond donors (Lipinski definition) is 0.